The summed E-state index contributed by atoms with van der Waals surface area (Å²) < 4.78 is 31.2. The van der Waals surface area contributed by atoms with Crippen LogP contribution in [0.1, 0.15) is 5.56 Å². The summed E-state index contributed by atoms with van der Waals surface area (Å²) in [4.78, 5) is 0.00676. The van der Waals surface area contributed by atoms with Crippen molar-refractivity contribution in [3.05, 3.63) is 35.4 Å². The molecule has 0 aromatic heterocycles. The lowest BCUT2D eigenvalue weighted by Gasteiger charge is -2.19. The zero-order valence-electron chi connectivity index (χ0n) is 10.9. The Balaban J connectivity index is 3.49. The molecule has 2 N–H and O–H groups in total. The molecule has 0 aliphatic carbocycles. The van der Waals surface area contributed by atoms with Crippen molar-refractivity contribution in [3.8, 4) is 5.75 Å². The first-order valence-corrected chi connectivity index (χ1v) is 7.34. The molecule has 19 heavy (non-hydrogen) atoms. The number of methoxy groups -OCH3 is 1. The van der Waals surface area contributed by atoms with Crippen molar-refractivity contribution in [3.63, 3.8) is 0 Å². The molecule has 0 saturated heterocycles. The lowest BCUT2D eigenvalue weighted by molar-refractivity contribution is 0.394. The van der Waals surface area contributed by atoms with Crippen molar-refractivity contribution in [2.24, 2.45) is 5.73 Å². The Bertz CT molecular complexity index is 573. The molecule has 0 unspecified atom stereocenters. The summed E-state index contributed by atoms with van der Waals surface area (Å²) in [6.07, 6.45) is 1.50. The van der Waals surface area contributed by atoms with Gasteiger partial charge in [0.1, 0.15) is 10.6 Å². The van der Waals surface area contributed by atoms with Crippen LogP contribution in [0, 0.1) is 0 Å². The molecule has 1 aromatic rings. The molecular weight excluding hydrogens is 288 g/mol. The second-order valence-electron chi connectivity index (χ2n) is 3.87. The van der Waals surface area contributed by atoms with Crippen LogP contribution >= 0.6 is 11.6 Å². The van der Waals surface area contributed by atoms with Gasteiger partial charge in [-0.25, -0.2) is 8.42 Å². The number of likely N-dealkylation sites (N-methyl/N-ethyl adjacent to an activating group) is 1. The van der Waals surface area contributed by atoms with Crippen LogP contribution in [-0.4, -0.2) is 33.4 Å². The minimum absolute atomic E-state index is 0.00676. The second kappa shape index (κ2) is 6.38. The van der Waals surface area contributed by atoms with E-state index in [1.54, 1.807) is 6.07 Å². The van der Waals surface area contributed by atoms with Crippen LogP contribution in [0.25, 0.3) is 0 Å². The van der Waals surface area contributed by atoms with E-state index < -0.39 is 10.0 Å². The molecule has 0 radical (unpaired) electrons. The molecule has 0 amide bonds. The summed E-state index contributed by atoms with van der Waals surface area (Å²) in [5.74, 6) is 0.225. The Kier molecular flexibility index (Phi) is 5.37. The van der Waals surface area contributed by atoms with Crippen LogP contribution in [0.4, 0.5) is 0 Å². The van der Waals surface area contributed by atoms with Crippen molar-refractivity contribution in [1.29, 1.82) is 0 Å². The minimum atomic E-state index is -3.70. The van der Waals surface area contributed by atoms with E-state index in [0.717, 1.165) is 4.31 Å². The van der Waals surface area contributed by atoms with Crippen LogP contribution in [0.2, 0.25) is 5.02 Å². The number of sulfonamides is 1. The van der Waals surface area contributed by atoms with Crippen molar-refractivity contribution in [2.45, 2.75) is 11.4 Å². The van der Waals surface area contributed by atoms with Gasteiger partial charge in [-0.1, -0.05) is 17.7 Å². The number of ether oxygens (including phenoxy) is 1. The third kappa shape index (κ3) is 3.27. The minimum Gasteiger partial charge on any atom is -0.495 e. The third-order valence-electron chi connectivity index (χ3n) is 2.60. The summed E-state index contributed by atoms with van der Waals surface area (Å²) in [6.45, 7) is 3.85. The maximum Gasteiger partial charge on any atom is 0.246 e. The topological polar surface area (TPSA) is 72.6 Å². The summed E-state index contributed by atoms with van der Waals surface area (Å²) in [5.41, 5.74) is 6.12. The fourth-order valence-electron chi connectivity index (χ4n) is 1.65. The quantitative estimate of drug-likeness (QED) is 0.811. The van der Waals surface area contributed by atoms with Gasteiger partial charge in [0.2, 0.25) is 10.0 Å². The molecule has 0 fully saturated rings. The highest BCUT2D eigenvalue weighted by molar-refractivity contribution is 7.89. The average molecular weight is 305 g/mol. The normalized spacial score (nSPS) is 11.6. The van der Waals surface area contributed by atoms with Crippen molar-refractivity contribution < 1.29 is 13.2 Å². The molecule has 0 spiro atoms. The highest BCUT2D eigenvalue weighted by Gasteiger charge is 2.26. The fourth-order valence-corrected chi connectivity index (χ4v) is 3.31. The van der Waals surface area contributed by atoms with Gasteiger partial charge in [-0.3, -0.25) is 0 Å². The first kappa shape index (κ1) is 16.0. The predicted molar refractivity (Wildman–Crippen MR) is 75.9 cm³/mol. The molecular formula is C12H17ClN2O3S. The van der Waals surface area contributed by atoms with E-state index in [-0.39, 0.29) is 23.7 Å². The van der Waals surface area contributed by atoms with E-state index in [1.807, 2.05) is 0 Å². The van der Waals surface area contributed by atoms with Crippen LogP contribution in [0.3, 0.4) is 0 Å². The summed E-state index contributed by atoms with van der Waals surface area (Å²) in [7, 11) is -0.846. The molecule has 0 atom stereocenters. The van der Waals surface area contributed by atoms with Gasteiger partial charge in [-0.05, 0) is 12.1 Å². The summed E-state index contributed by atoms with van der Waals surface area (Å²) in [6, 6.07) is 2.95. The first-order valence-electron chi connectivity index (χ1n) is 5.52. The molecule has 7 heteroatoms. The SMILES string of the molecule is C=CCN(C)S(=O)(=O)c1cc(Cl)cc(CN)c1OC. The maximum atomic E-state index is 12.4. The van der Waals surface area contributed by atoms with Crippen molar-refractivity contribution in [1.82, 2.24) is 4.31 Å². The van der Waals surface area contributed by atoms with Gasteiger partial charge >= 0.3 is 0 Å². The Morgan fingerprint density at radius 3 is 2.63 bits per heavy atom. The molecule has 0 aliphatic heterocycles. The van der Waals surface area contributed by atoms with Gasteiger partial charge in [-0.2, -0.15) is 4.31 Å². The average Bonchev–Trinajstić information content (AvgIpc) is 2.37. The number of benzene rings is 1. The standard InChI is InChI=1S/C12H17ClN2O3S/c1-4-5-15(2)19(16,17)11-7-10(13)6-9(8-14)12(11)18-3/h4,6-7H,1,5,8,14H2,2-3H3. The zero-order chi connectivity index (χ0) is 14.6. The monoisotopic (exact) mass is 304 g/mol. The highest BCUT2D eigenvalue weighted by Crippen LogP contribution is 2.33. The van der Waals surface area contributed by atoms with Gasteiger partial charge in [0.25, 0.3) is 0 Å². The molecule has 0 saturated carbocycles. The fraction of sp³-hybridized carbons (Fsp3) is 0.333. The highest BCUT2D eigenvalue weighted by atomic mass is 35.5. The van der Waals surface area contributed by atoms with Gasteiger partial charge < -0.3 is 10.5 Å². The van der Waals surface area contributed by atoms with E-state index in [4.69, 9.17) is 22.1 Å². The number of rotatable bonds is 6. The van der Waals surface area contributed by atoms with Crippen LogP contribution in [0.15, 0.2) is 29.7 Å². The van der Waals surface area contributed by atoms with Crippen LogP contribution in [-0.2, 0) is 16.6 Å². The smallest absolute Gasteiger partial charge is 0.246 e. The van der Waals surface area contributed by atoms with E-state index in [2.05, 4.69) is 6.58 Å². The van der Waals surface area contributed by atoms with E-state index in [0.29, 0.717) is 10.6 Å². The Morgan fingerprint density at radius 2 is 2.16 bits per heavy atom. The third-order valence-corrected chi connectivity index (χ3v) is 4.64. The molecule has 0 bridgehead atoms. The van der Waals surface area contributed by atoms with Crippen LogP contribution in [0.5, 0.6) is 5.75 Å². The van der Waals surface area contributed by atoms with Gasteiger partial charge in [0, 0.05) is 30.7 Å². The number of nitrogens with two attached hydrogens (primary N) is 1. The molecule has 1 aromatic carbocycles. The summed E-state index contributed by atoms with van der Waals surface area (Å²) in [5, 5.41) is 0.298. The Hall–Kier alpha value is -1.08. The lowest BCUT2D eigenvalue weighted by atomic mass is 10.2. The Morgan fingerprint density at radius 1 is 1.53 bits per heavy atom. The van der Waals surface area contributed by atoms with Crippen molar-refractivity contribution >= 4 is 21.6 Å². The number of nitrogens with zero attached hydrogens (tertiary/aromatic N) is 1. The van der Waals surface area contributed by atoms with Crippen LogP contribution < -0.4 is 10.5 Å². The predicted octanol–water partition coefficient (Wildman–Crippen LogP) is 1.61. The van der Waals surface area contributed by atoms with E-state index in [9.17, 15) is 8.42 Å². The number of hydrogen-bond donors (Lipinski definition) is 1. The van der Waals surface area contributed by atoms with Gasteiger partial charge in [0.15, 0.2) is 0 Å². The molecule has 0 heterocycles. The molecule has 1 rings (SSSR count). The lowest BCUT2D eigenvalue weighted by Crippen LogP contribution is -2.27. The zero-order valence-corrected chi connectivity index (χ0v) is 12.5. The molecule has 0 aliphatic rings. The van der Waals surface area contributed by atoms with E-state index in [1.165, 1.54) is 26.3 Å². The van der Waals surface area contributed by atoms with Crippen molar-refractivity contribution in [2.75, 3.05) is 20.7 Å². The maximum absolute atomic E-state index is 12.4. The first-order chi connectivity index (χ1) is 8.88. The number of halogens is 1. The largest absolute Gasteiger partial charge is 0.495 e. The van der Waals surface area contributed by atoms with Gasteiger partial charge in [-0.15, -0.1) is 6.58 Å². The van der Waals surface area contributed by atoms with E-state index >= 15 is 0 Å². The summed E-state index contributed by atoms with van der Waals surface area (Å²) >= 11 is 5.93. The second-order valence-corrected chi connectivity index (χ2v) is 6.32. The van der Waals surface area contributed by atoms with Gasteiger partial charge in [0.05, 0.1) is 7.11 Å². The molecule has 106 valence electrons. The number of hydrogen-bond acceptors (Lipinski definition) is 4. The molecule has 5 nitrogen and oxygen atoms in total. The Labute approximate surface area is 118 Å².